The first-order chi connectivity index (χ1) is 9.65. The minimum absolute atomic E-state index is 0.511. The third kappa shape index (κ3) is 4.31. The Kier molecular flexibility index (Phi) is 6.06. The Morgan fingerprint density at radius 2 is 2.10 bits per heavy atom. The van der Waals surface area contributed by atoms with E-state index in [1.165, 1.54) is 43.6 Å². The molecule has 0 bridgehead atoms. The first-order valence-corrected chi connectivity index (χ1v) is 9.00. The largest absolute Gasteiger partial charge is 0.316 e. The van der Waals surface area contributed by atoms with E-state index in [-0.39, 0.29) is 0 Å². The Hall–Kier alpha value is -0.380. The summed E-state index contributed by atoms with van der Waals surface area (Å²) >= 11 is 1.89. The average Bonchev–Trinajstić information content (AvgIpc) is 3.08. The maximum absolute atomic E-state index is 3.61. The summed E-state index contributed by atoms with van der Waals surface area (Å²) in [6.45, 7) is 11.5. The predicted molar refractivity (Wildman–Crippen MR) is 89.3 cm³/mol. The van der Waals surface area contributed by atoms with E-state index in [1.54, 1.807) is 0 Å². The van der Waals surface area contributed by atoms with Crippen LogP contribution in [0, 0.1) is 5.41 Å². The summed E-state index contributed by atoms with van der Waals surface area (Å²) in [6, 6.07) is 5.06. The normalized spacial score (nSPS) is 18.2. The van der Waals surface area contributed by atoms with Gasteiger partial charge in [-0.05, 0) is 50.1 Å². The van der Waals surface area contributed by atoms with Crippen LogP contribution in [-0.2, 0) is 6.54 Å². The molecule has 1 aliphatic rings. The number of nitrogens with one attached hydrogen (secondary N) is 1. The fraction of sp³-hybridized carbons (Fsp3) is 0.765. The van der Waals surface area contributed by atoms with Crippen LogP contribution in [0.3, 0.4) is 0 Å². The molecular weight excluding hydrogens is 264 g/mol. The van der Waals surface area contributed by atoms with Crippen LogP contribution in [-0.4, -0.2) is 30.6 Å². The zero-order chi connectivity index (χ0) is 14.4. The van der Waals surface area contributed by atoms with E-state index in [0.29, 0.717) is 11.5 Å². The smallest absolute Gasteiger partial charge is 0.0330 e. The maximum Gasteiger partial charge on any atom is 0.0330 e. The summed E-state index contributed by atoms with van der Waals surface area (Å²) < 4.78 is 0. The van der Waals surface area contributed by atoms with Crippen molar-refractivity contribution in [3.8, 4) is 0 Å². The van der Waals surface area contributed by atoms with Gasteiger partial charge >= 0.3 is 0 Å². The van der Waals surface area contributed by atoms with Gasteiger partial charge in [0.05, 0.1) is 0 Å². The van der Waals surface area contributed by atoms with Crippen LogP contribution in [0.2, 0.25) is 0 Å². The molecule has 1 fully saturated rings. The molecule has 2 nitrogen and oxygen atoms in total. The van der Waals surface area contributed by atoms with Gasteiger partial charge in [-0.15, -0.1) is 11.3 Å². The highest BCUT2D eigenvalue weighted by Gasteiger charge is 2.35. The van der Waals surface area contributed by atoms with Crippen molar-refractivity contribution in [3.05, 3.63) is 22.4 Å². The molecule has 114 valence electrons. The molecule has 1 aromatic rings. The van der Waals surface area contributed by atoms with Crippen LogP contribution in [0.1, 0.15) is 51.3 Å². The lowest BCUT2D eigenvalue weighted by Gasteiger charge is -2.37. The van der Waals surface area contributed by atoms with E-state index in [2.05, 4.69) is 48.5 Å². The van der Waals surface area contributed by atoms with E-state index in [0.717, 1.165) is 13.1 Å². The van der Waals surface area contributed by atoms with E-state index in [1.807, 2.05) is 11.3 Å². The summed E-state index contributed by atoms with van der Waals surface area (Å²) in [5.74, 6) is 0. The van der Waals surface area contributed by atoms with Gasteiger partial charge in [0.15, 0.2) is 0 Å². The van der Waals surface area contributed by atoms with E-state index in [9.17, 15) is 0 Å². The molecule has 1 saturated carbocycles. The number of hydrogen-bond donors (Lipinski definition) is 1. The summed E-state index contributed by atoms with van der Waals surface area (Å²) in [5, 5.41) is 5.80. The molecular formula is C17H30N2S. The second-order valence-electron chi connectivity index (χ2n) is 6.57. The number of nitrogens with zero attached hydrogens (tertiary/aromatic N) is 1. The number of hydrogen-bond acceptors (Lipinski definition) is 3. The lowest BCUT2D eigenvalue weighted by Crippen LogP contribution is -2.44. The quantitative estimate of drug-likeness (QED) is 0.775. The lowest BCUT2D eigenvalue weighted by atomic mass is 9.85. The van der Waals surface area contributed by atoms with Gasteiger partial charge in [-0.3, -0.25) is 4.90 Å². The SMILES string of the molecule is CCNCC1(CN(Cc2cccs2)C(C)C)CCCC1. The van der Waals surface area contributed by atoms with Crippen molar-refractivity contribution in [2.45, 2.75) is 59.0 Å². The van der Waals surface area contributed by atoms with Crippen LogP contribution in [0.25, 0.3) is 0 Å². The average molecular weight is 295 g/mol. The van der Waals surface area contributed by atoms with Crippen LogP contribution >= 0.6 is 11.3 Å². The van der Waals surface area contributed by atoms with Crippen LogP contribution < -0.4 is 5.32 Å². The molecule has 0 unspecified atom stereocenters. The zero-order valence-corrected chi connectivity index (χ0v) is 14.1. The van der Waals surface area contributed by atoms with Crippen molar-refractivity contribution < 1.29 is 0 Å². The number of thiophene rings is 1. The van der Waals surface area contributed by atoms with Gasteiger partial charge in [0.1, 0.15) is 0 Å². The molecule has 0 radical (unpaired) electrons. The van der Waals surface area contributed by atoms with Gasteiger partial charge in [-0.25, -0.2) is 0 Å². The highest BCUT2D eigenvalue weighted by atomic mass is 32.1. The summed E-state index contributed by atoms with van der Waals surface area (Å²) in [6.07, 6.45) is 5.62. The Balaban J connectivity index is 2.01. The van der Waals surface area contributed by atoms with Crippen LogP contribution in [0.15, 0.2) is 17.5 Å². The predicted octanol–water partition coefficient (Wildman–Crippen LogP) is 4.13. The molecule has 1 aliphatic carbocycles. The second-order valence-corrected chi connectivity index (χ2v) is 7.60. The van der Waals surface area contributed by atoms with E-state index < -0.39 is 0 Å². The third-order valence-corrected chi connectivity index (χ3v) is 5.48. The Bertz CT molecular complexity index is 366. The summed E-state index contributed by atoms with van der Waals surface area (Å²) in [7, 11) is 0. The fourth-order valence-electron chi connectivity index (χ4n) is 3.36. The van der Waals surface area contributed by atoms with Crippen molar-refractivity contribution in [2.75, 3.05) is 19.6 Å². The molecule has 0 amide bonds. The van der Waals surface area contributed by atoms with Crippen molar-refractivity contribution in [1.82, 2.24) is 10.2 Å². The standard InChI is InChI=1S/C17H30N2S/c1-4-18-13-17(9-5-6-10-17)14-19(15(2)3)12-16-8-7-11-20-16/h7-8,11,15,18H,4-6,9-10,12-14H2,1-3H3. The minimum Gasteiger partial charge on any atom is -0.316 e. The molecule has 3 heteroatoms. The van der Waals surface area contributed by atoms with Crippen molar-refractivity contribution in [2.24, 2.45) is 5.41 Å². The minimum atomic E-state index is 0.511. The van der Waals surface area contributed by atoms with Gasteiger partial charge in [-0.2, -0.15) is 0 Å². The molecule has 0 atom stereocenters. The first kappa shape index (κ1) is 16.0. The van der Waals surface area contributed by atoms with Crippen LogP contribution in [0.5, 0.6) is 0 Å². The van der Waals surface area contributed by atoms with Crippen molar-refractivity contribution in [1.29, 1.82) is 0 Å². The van der Waals surface area contributed by atoms with Gasteiger partial charge in [0, 0.05) is 30.6 Å². The van der Waals surface area contributed by atoms with Gasteiger partial charge in [-0.1, -0.05) is 25.8 Å². The Morgan fingerprint density at radius 3 is 2.65 bits per heavy atom. The molecule has 2 rings (SSSR count). The van der Waals surface area contributed by atoms with Gasteiger partial charge in [0.2, 0.25) is 0 Å². The topological polar surface area (TPSA) is 15.3 Å². The van der Waals surface area contributed by atoms with Gasteiger partial charge in [0.25, 0.3) is 0 Å². The third-order valence-electron chi connectivity index (χ3n) is 4.62. The van der Waals surface area contributed by atoms with Crippen molar-refractivity contribution >= 4 is 11.3 Å². The van der Waals surface area contributed by atoms with E-state index in [4.69, 9.17) is 0 Å². The zero-order valence-electron chi connectivity index (χ0n) is 13.3. The first-order valence-electron chi connectivity index (χ1n) is 8.12. The molecule has 1 N–H and O–H groups in total. The fourth-order valence-corrected chi connectivity index (χ4v) is 4.09. The highest BCUT2D eigenvalue weighted by molar-refractivity contribution is 7.09. The molecule has 0 aromatic carbocycles. The molecule has 1 aromatic heterocycles. The van der Waals surface area contributed by atoms with Crippen molar-refractivity contribution in [3.63, 3.8) is 0 Å². The Morgan fingerprint density at radius 1 is 1.35 bits per heavy atom. The lowest BCUT2D eigenvalue weighted by molar-refractivity contribution is 0.116. The maximum atomic E-state index is 3.61. The molecule has 0 spiro atoms. The summed E-state index contributed by atoms with van der Waals surface area (Å²) in [4.78, 5) is 4.17. The van der Waals surface area contributed by atoms with Gasteiger partial charge < -0.3 is 5.32 Å². The highest BCUT2D eigenvalue weighted by Crippen LogP contribution is 2.39. The molecule has 1 heterocycles. The molecule has 0 aliphatic heterocycles. The molecule has 0 saturated heterocycles. The van der Waals surface area contributed by atoms with E-state index >= 15 is 0 Å². The number of rotatable bonds is 8. The monoisotopic (exact) mass is 294 g/mol. The summed E-state index contributed by atoms with van der Waals surface area (Å²) in [5.41, 5.74) is 0.511. The van der Waals surface area contributed by atoms with Crippen LogP contribution in [0.4, 0.5) is 0 Å². The second kappa shape index (κ2) is 7.58. The molecule has 20 heavy (non-hydrogen) atoms. The Labute approximate surface area is 128 Å².